The highest BCUT2D eigenvalue weighted by Gasteiger charge is 2.44. The van der Waals surface area contributed by atoms with Crippen LogP contribution < -0.4 is 0 Å². The minimum atomic E-state index is 0.172. The maximum absolute atomic E-state index is 13.0. The first-order valence-corrected chi connectivity index (χ1v) is 10.0. The maximum atomic E-state index is 13.0. The minimum Gasteiger partial charge on any atom is -0.338 e. The highest BCUT2D eigenvalue weighted by molar-refractivity contribution is 7.13. The lowest BCUT2D eigenvalue weighted by molar-refractivity contribution is 0.0730. The summed E-state index contributed by atoms with van der Waals surface area (Å²) in [7, 11) is 6.38. The van der Waals surface area contributed by atoms with Gasteiger partial charge in [0.25, 0.3) is 5.91 Å². The lowest BCUT2D eigenvalue weighted by Crippen LogP contribution is -2.36. The minimum absolute atomic E-state index is 0.172. The third-order valence-electron chi connectivity index (χ3n) is 6.07. The summed E-state index contributed by atoms with van der Waals surface area (Å²) in [6.07, 6.45) is 4.94. The predicted octanol–water partition coefficient (Wildman–Crippen LogP) is 3.77. The molecule has 0 aliphatic heterocycles. The van der Waals surface area contributed by atoms with Crippen molar-refractivity contribution in [3.8, 4) is 0 Å². The van der Waals surface area contributed by atoms with Gasteiger partial charge in [-0.15, -0.1) is 11.3 Å². The molecule has 1 heterocycles. The van der Waals surface area contributed by atoms with E-state index in [0.29, 0.717) is 12.0 Å². The summed E-state index contributed by atoms with van der Waals surface area (Å²) in [6.45, 7) is 6.24. The van der Waals surface area contributed by atoms with Gasteiger partial charge in [0.1, 0.15) is 4.88 Å². The smallest absolute Gasteiger partial charge is 0.265 e. The van der Waals surface area contributed by atoms with E-state index in [1.54, 1.807) is 11.3 Å². The van der Waals surface area contributed by atoms with Crippen LogP contribution in [0.5, 0.6) is 0 Å². The van der Waals surface area contributed by atoms with E-state index in [1.807, 2.05) is 18.9 Å². The Morgan fingerprint density at radius 2 is 1.62 bits per heavy atom. The van der Waals surface area contributed by atoms with Crippen molar-refractivity contribution in [1.82, 2.24) is 14.8 Å². The van der Waals surface area contributed by atoms with Crippen LogP contribution in [0, 0.1) is 18.8 Å². The van der Waals surface area contributed by atoms with Gasteiger partial charge in [-0.3, -0.25) is 4.79 Å². The Morgan fingerprint density at radius 1 is 1.08 bits per heavy atom. The van der Waals surface area contributed by atoms with Crippen molar-refractivity contribution in [1.29, 1.82) is 0 Å². The molecule has 0 bridgehead atoms. The van der Waals surface area contributed by atoms with Gasteiger partial charge in [-0.1, -0.05) is 13.8 Å². The second-order valence-electron chi connectivity index (χ2n) is 8.27. The number of hydrogen-bond acceptors (Lipinski definition) is 4. The molecule has 134 valence electrons. The van der Waals surface area contributed by atoms with Crippen LogP contribution in [0.3, 0.4) is 0 Å². The van der Waals surface area contributed by atoms with Gasteiger partial charge in [0.05, 0.1) is 10.7 Å². The Balaban J connectivity index is 1.66. The summed E-state index contributed by atoms with van der Waals surface area (Å²) in [5, 5.41) is 1.07. The van der Waals surface area contributed by atoms with Crippen LogP contribution in [0.2, 0.25) is 0 Å². The summed E-state index contributed by atoms with van der Waals surface area (Å²) in [5.41, 5.74) is 0.895. The molecule has 2 unspecified atom stereocenters. The standard InChI is InChI=1S/C19H31N3OS/c1-11(2)18-20-12(3)17(24-18)19(23)22(6)16-9-13-7-15(21(4)5)8-14(13)10-16/h11,13-16H,7-10H2,1-6H3/t13-,14+,15?,16?. The normalized spacial score (nSPS) is 29.5. The van der Waals surface area contributed by atoms with E-state index in [-0.39, 0.29) is 5.91 Å². The number of carbonyl (C=O) groups excluding carboxylic acids is 1. The van der Waals surface area contributed by atoms with E-state index in [9.17, 15) is 4.79 Å². The molecule has 4 atom stereocenters. The highest BCUT2D eigenvalue weighted by Crippen LogP contribution is 2.46. The number of hydrogen-bond donors (Lipinski definition) is 0. The molecule has 0 spiro atoms. The molecule has 2 saturated carbocycles. The molecule has 2 fully saturated rings. The molecule has 1 aromatic rings. The van der Waals surface area contributed by atoms with Gasteiger partial charge < -0.3 is 9.80 Å². The van der Waals surface area contributed by atoms with Gasteiger partial charge in [-0.05, 0) is 58.5 Å². The van der Waals surface area contributed by atoms with Crippen molar-refractivity contribution in [2.24, 2.45) is 11.8 Å². The zero-order valence-corrected chi connectivity index (χ0v) is 16.7. The number of amides is 1. The first-order valence-electron chi connectivity index (χ1n) is 9.18. The molecule has 0 saturated heterocycles. The van der Waals surface area contributed by atoms with E-state index in [2.05, 4.69) is 37.8 Å². The Hall–Kier alpha value is -0.940. The van der Waals surface area contributed by atoms with Gasteiger partial charge >= 0.3 is 0 Å². The molecule has 3 rings (SSSR count). The third kappa shape index (κ3) is 3.25. The second kappa shape index (κ2) is 6.75. The number of nitrogens with zero attached hydrogens (tertiary/aromatic N) is 3. The zero-order chi connectivity index (χ0) is 17.6. The summed E-state index contributed by atoms with van der Waals surface area (Å²) in [6, 6.07) is 1.14. The van der Waals surface area contributed by atoms with Crippen molar-refractivity contribution in [3.05, 3.63) is 15.6 Å². The molecule has 0 aromatic carbocycles. The van der Waals surface area contributed by atoms with Gasteiger partial charge in [0, 0.05) is 25.0 Å². The number of thiazole rings is 1. The Bertz CT molecular complexity index is 596. The van der Waals surface area contributed by atoms with Crippen LogP contribution in [0.4, 0.5) is 0 Å². The molecular formula is C19H31N3OS. The lowest BCUT2D eigenvalue weighted by atomic mass is 10.0. The van der Waals surface area contributed by atoms with Crippen LogP contribution >= 0.6 is 11.3 Å². The van der Waals surface area contributed by atoms with E-state index >= 15 is 0 Å². The third-order valence-corrected chi connectivity index (χ3v) is 7.51. The van der Waals surface area contributed by atoms with Crippen molar-refractivity contribution in [2.45, 2.75) is 64.5 Å². The largest absolute Gasteiger partial charge is 0.338 e. The van der Waals surface area contributed by atoms with Crippen LogP contribution in [-0.4, -0.2) is 53.9 Å². The molecule has 1 amide bonds. The first-order chi connectivity index (χ1) is 11.3. The van der Waals surface area contributed by atoms with Crippen LogP contribution in [0.25, 0.3) is 0 Å². The number of aryl methyl sites for hydroxylation is 1. The summed E-state index contributed by atoms with van der Waals surface area (Å²) in [4.78, 5) is 22.8. The second-order valence-corrected chi connectivity index (χ2v) is 9.30. The molecule has 2 aliphatic rings. The monoisotopic (exact) mass is 349 g/mol. The number of rotatable bonds is 4. The van der Waals surface area contributed by atoms with Gasteiger partial charge in [0.15, 0.2) is 0 Å². The quantitative estimate of drug-likeness (QED) is 0.830. The van der Waals surface area contributed by atoms with E-state index in [4.69, 9.17) is 0 Å². The number of aromatic nitrogens is 1. The number of carbonyl (C=O) groups is 1. The van der Waals surface area contributed by atoms with Crippen molar-refractivity contribution in [3.63, 3.8) is 0 Å². The Morgan fingerprint density at radius 3 is 2.08 bits per heavy atom. The Kier molecular flexibility index (Phi) is 5.03. The molecular weight excluding hydrogens is 318 g/mol. The fourth-order valence-electron chi connectivity index (χ4n) is 4.48. The Labute approximate surface area is 150 Å². The average Bonchev–Trinajstić information content (AvgIpc) is 3.17. The van der Waals surface area contributed by atoms with Crippen LogP contribution in [-0.2, 0) is 0 Å². The van der Waals surface area contributed by atoms with Gasteiger partial charge in [-0.2, -0.15) is 0 Å². The van der Waals surface area contributed by atoms with E-state index in [1.165, 1.54) is 25.7 Å². The molecule has 0 radical (unpaired) electrons. The fourth-order valence-corrected chi connectivity index (χ4v) is 5.53. The topological polar surface area (TPSA) is 36.4 Å². The van der Waals surface area contributed by atoms with Crippen LogP contribution in [0.15, 0.2) is 0 Å². The van der Waals surface area contributed by atoms with Crippen molar-refractivity contribution in [2.75, 3.05) is 21.1 Å². The predicted molar refractivity (Wildman–Crippen MR) is 99.7 cm³/mol. The highest BCUT2D eigenvalue weighted by atomic mass is 32.1. The average molecular weight is 350 g/mol. The van der Waals surface area contributed by atoms with Gasteiger partial charge in [-0.25, -0.2) is 4.98 Å². The fraction of sp³-hybridized carbons (Fsp3) is 0.789. The van der Waals surface area contributed by atoms with E-state index < -0.39 is 0 Å². The van der Waals surface area contributed by atoms with E-state index in [0.717, 1.165) is 33.5 Å². The maximum Gasteiger partial charge on any atom is 0.265 e. The molecule has 24 heavy (non-hydrogen) atoms. The summed E-state index contributed by atoms with van der Waals surface area (Å²) < 4.78 is 0. The van der Waals surface area contributed by atoms with Crippen LogP contribution in [0.1, 0.15) is 65.8 Å². The first kappa shape index (κ1) is 17.9. The van der Waals surface area contributed by atoms with Crippen molar-refractivity contribution < 1.29 is 4.79 Å². The molecule has 2 aliphatic carbocycles. The molecule has 0 N–H and O–H groups in total. The molecule has 4 nitrogen and oxygen atoms in total. The molecule has 1 aromatic heterocycles. The zero-order valence-electron chi connectivity index (χ0n) is 15.9. The summed E-state index contributed by atoms with van der Waals surface area (Å²) in [5.74, 6) is 2.15. The number of fused-ring (bicyclic) bond motifs is 1. The molecule has 5 heteroatoms. The van der Waals surface area contributed by atoms with Crippen molar-refractivity contribution >= 4 is 17.2 Å². The lowest BCUT2D eigenvalue weighted by Gasteiger charge is -2.26. The summed E-state index contributed by atoms with van der Waals surface area (Å²) >= 11 is 1.58. The SMILES string of the molecule is Cc1nc(C(C)C)sc1C(=O)N(C)C1C[C@H]2CC(N(C)C)C[C@H]2C1. The van der Waals surface area contributed by atoms with Gasteiger partial charge in [0.2, 0.25) is 0 Å².